The lowest BCUT2D eigenvalue weighted by atomic mass is 9.89. The summed E-state index contributed by atoms with van der Waals surface area (Å²) in [5.41, 5.74) is 6.90. The molecule has 0 radical (unpaired) electrons. The fourth-order valence-electron chi connectivity index (χ4n) is 2.10. The molecule has 2 aromatic heterocycles. The summed E-state index contributed by atoms with van der Waals surface area (Å²) in [5.74, 6) is -0.346. The smallest absolute Gasteiger partial charge is 0.336 e. The van der Waals surface area contributed by atoms with Gasteiger partial charge in [0.15, 0.2) is 0 Å². The van der Waals surface area contributed by atoms with Crippen molar-refractivity contribution in [2.45, 2.75) is 26.3 Å². The van der Waals surface area contributed by atoms with E-state index in [1.165, 1.54) is 0 Å². The maximum Gasteiger partial charge on any atom is 0.336 e. The van der Waals surface area contributed by atoms with E-state index in [2.05, 4.69) is 0 Å². The molecule has 0 fully saturated rings. The highest BCUT2D eigenvalue weighted by Gasteiger charge is 2.31. The number of rotatable bonds is 5. The number of nitrogens with two attached hydrogens (primary N) is 1. The van der Waals surface area contributed by atoms with Crippen LogP contribution in [0.25, 0.3) is 5.57 Å². The zero-order valence-corrected chi connectivity index (χ0v) is 14.0. The molecule has 0 amide bonds. The van der Waals surface area contributed by atoms with Gasteiger partial charge in [0.2, 0.25) is 0 Å². The topological polar surface area (TPSA) is 52.3 Å². The zero-order valence-electron chi connectivity index (χ0n) is 12.4. The van der Waals surface area contributed by atoms with Crippen molar-refractivity contribution < 1.29 is 9.53 Å². The van der Waals surface area contributed by atoms with Gasteiger partial charge in [-0.2, -0.15) is 0 Å². The van der Waals surface area contributed by atoms with Crippen molar-refractivity contribution in [1.29, 1.82) is 0 Å². The number of esters is 1. The molecular formula is C16H19NO2S2. The van der Waals surface area contributed by atoms with E-state index in [0.29, 0.717) is 12.2 Å². The third kappa shape index (κ3) is 3.61. The van der Waals surface area contributed by atoms with E-state index in [1.807, 2.05) is 48.9 Å². The number of thiophene rings is 2. The first-order chi connectivity index (χ1) is 9.95. The molecule has 0 aromatic carbocycles. The largest absolute Gasteiger partial charge is 0.463 e. The van der Waals surface area contributed by atoms with Crippen LogP contribution < -0.4 is 5.73 Å². The fraction of sp³-hybridized carbons (Fsp3) is 0.312. The summed E-state index contributed by atoms with van der Waals surface area (Å²) in [6.07, 6.45) is 0. The van der Waals surface area contributed by atoms with Crippen molar-refractivity contribution in [3.63, 3.8) is 0 Å². The summed E-state index contributed by atoms with van der Waals surface area (Å²) in [4.78, 5) is 14.5. The fourth-order valence-corrected chi connectivity index (χ4v) is 3.75. The number of carbonyl (C=O) groups excluding carboxylic acids is 1. The van der Waals surface area contributed by atoms with Crippen molar-refractivity contribution in [1.82, 2.24) is 0 Å². The summed E-state index contributed by atoms with van der Waals surface area (Å²) >= 11 is 3.19. The molecular weight excluding hydrogens is 302 g/mol. The second kappa shape index (κ2) is 6.56. The van der Waals surface area contributed by atoms with Crippen molar-refractivity contribution in [2.24, 2.45) is 5.73 Å². The Morgan fingerprint density at radius 3 is 2.05 bits per heavy atom. The van der Waals surface area contributed by atoms with Crippen LogP contribution in [-0.4, -0.2) is 18.1 Å². The van der Waals surface area contributed by atoms with Crippen LogP contribution in [0.2, 0.25) is 0 Å². The van der Waals surface area contributed by atoms with Crippen LogP contribution in [0.1, 0.15) is 30.5 Å². The van der Waals surface area contributed by atoms with E-state index in [-0.39, 0.29) is 5.97 Å². The Labute approximate surface area is 133 Å². The predicted molar refractivity (Wildman–Crippen MR) is 89.6 cm³/mol. The zero-order chi connectivity index (χ0) is 15.5. The van der Waals surface area contributed by atoms with Gasteiger partial charge in [-0.1, -0.05) is 12.1 Å². The number of carbonyl (C=O) groups is 1. The molecule has 0 unspecified atom stereocenters. The average Bonchev–Trinajstić information content (AvgIpc) is 3.08. The van der Waals surface area contributed by atoms with Crippen LogP contribution >= 0.6 is 22.7 Å². The molecule has 112 valence electrons. The molecule has 21 heavy (non-hydrogen) atoms. The Bertz CT molecular complexity index is 584. The van der Waals surface area contributed by atoms with E-state index < -0.39 is 5.54 Å². The molecule has 2 aromatic rings. The molecule has 0 bridgehead atoms. The van der Waals surface area contributed by atoms with E-state index in [0.717, 1.165) is 15.3 Å². The number of hydrogen-bond donors (Lipinski definition) is 1. The van der Waals surface area contributed by atoms with Crippen LogP contribution in [0, 0.1) is 0 Å². The van der Waals surface area contributed by atoms with E-state index in [1.54, 1.807) is 29.6 Å². The Morgan fingerprint density at radius 1 is 1.19 bits per heavy atom. The van der Waals surface area contributed by atoms with Crippen LogP contribution in [-0.2, 0) is 9.53 Å². The third-order valence-electron chi connectivity index (χ3n) is 2.91. The van der Waals surface area contributed by atoms with E-state index >= 15 is 0 Å². The minimum atomic E-state index is -0.782. The van der Waals surface area contributed by atoms with Gasteiger partial charge in [0.1, 0.15) is 0 Å². The first-order valence-electron chi connectivity index (χ1n) is 6.73. The van der Waals surface area contributed by atoms with Crippen molar-refractivity contribution in [2.75, 3.05) is 6.61 Å². The molecule has 0 saturated carbocycles. The highest BCUT2D eigenvalue weighted by molar-refractivity contribution is 7.13. The van der Waals surface area contributed by atoms with E-state index in [9.17, 15) is 4.79 Å². The minimum Gasteiger partial charge on any atom is -0.463 e. The Hall–Kier alpha value is -1.43. The van der Waals surface area contributed by atoms with E-state index in [4.69, 9.17) is 10.5 Å². The quantitative estimate of drug-likeness (QED) is 0.671. The highest BCUT2D eigenvalue weighted by Crippen LogP contribution is 2.36. The monoisotopic (exact) mass is 321 g/mol. The van der Waals surface area contributed by atoms with Crippen LogP contribution in [0.4, 0.5) is 0 Å². The second-order valence-corrected chi connectivity index (χ2v) is 7.04. The van der Waals surface area contributed by atoms with Gasteiger partial charge >= 0.3 is 5.97 Å². The average molecular weight is 321 g/mol. The maximum absolute atomic E-state index is 12.5. The highest BCUT2D eigenvalue weighted by atomic mass is 32.1. The molecule has 2 heterocycles. The number of hydrogen-bond acceptors (Lipinski definition) is 5. The summed E-state index contributed by atoms with van der Waals surface area (Å²) in [7, 11) is 0. The molecule has 5 heteroatoms. The van der Waals surface area contributed by atoms with Gasteiger partial charge < -0.3 is 10.5 Å². The summed E-state index contributed by atoms with van der Waals surface area (Å²) in [6, 6.07) is 7.95. The lowest BCUT2D eigenvalue weighted by molar-refractivity contribution is -0.139. The van der Waals surface area contributed by atoms with Crippen LogP contribution in [0.15, 0.2) is 40.6 Å². The van der Waals surface area contributed by atoms with Gasteiger partial charge in [-0.25, -0.2) is 4.79 Å². The van der Waals surface area contributed by atoms with Gasteiger partial charge in [-0.3, -0.25) is 0 Å². The van der Waals surface area contributed by atoms with Gasteiger partial charge in [-0.15, -0.1) is 22.7 Å². The van der Waals surface area contributed by atoms with Gasteiger partial charge in [-0.05, 0) is 43.7 Å². The van der Waals surface area contributed by atoms with Gasteiger partial charge in [0, 0.05) is 20.9 Å². The molecule has 2 N–H and O–H groups in total. The summed E-state index contributed by atoms with van der Waals surface area (Å²) in [5, 5.41) is 3.99. The predicted octanol–water partition coefficient (Wildman–Crippen LogP) is 3.91. The summed E-state index contributed by atoms with van der Waals surface area (Å²) < 4.78 is 5.24. The molecule has 0 atom stereocenters. The van der Waals surface area contributed by atoms with Crippen LogP contribution in [0.3, 0.4) is 0 Å². The lowest BCUT2D eigenvalue weighted by Gasteiger charge is -2.24. The molecule has 0 aliphatic heterocycles. The minimum absolute atomic E-state index is 0.334. The first kappa shape index (κ1) is 15.9. The Kier molecular flexibility index (Phi) is 4.98. The first-order valence-corrected chi connectivity index (χ1v) is 8.49. The molecule has 0 aliphatic rings. The maximum atomic E-state index is 12.5. The van der Waals surface area contributed by atoms with Crippen LogP contribution in [0.5, 0.6) is 0 Å². The molecule has 0 saturated heterocycles. The van der Waals surface area contributed by atoms with Crippen molar-refractivity contribution >= 4 is 34.2 Å². The Morgan fingerprint density at radius 2 is 1.71 bits per heavy atom. The standard InChI is InChI=1S/C16H19NO2S2/c1-4-19-15(18)14(16(2,3)17)13(11-7-5-9-20-11)12-8-6-10-21-12/h5-10H,4,17H2,1-3H3. The van der Waals surface area contributed by atoms with Gasteiger partial charge in [0.05, 0.1) is 12.2 Å². The SMILES string of the molecule is CCOC(=O)C(=C(c1cccs1)c1cccs1)C(C)(C)N. The second-order valence-electron chi connectivity index (χ2n) is 5.15. The molecule has 0 aliphatic carbocycles. The van der Waals surface area contributed by atoms with Gasteiger partial charge in [0.25, 0.3) is 0 Å². The number of ether oxygens (including phenoxy) is 1. The van der Waals surface area contributed by atoms with Crippen molar-refractivity contribution in [3.05, 3.63) is 50.4 Å². The normalized spacial score (nSPS) is 11.2. The third-order valence-corrected chi connectivity index (χ3v) is 4.68. The lowest BCUT2D eigenvalue weighted by Crippen LogP contribution is -2.39. The molecule has 0 spiro atoms. The summed E-state index contributed by atoms with van der Waals surface area (Å²) in [6.45, 7) is 5.80. The van der Waals surface area contributed by atoms with Crippen molar-refractivity contribution in [3.8, 4) is 0 Å². The molecule has 3 nitrogen and oxygen atoms in total. The molecule has 2 rings (SSSR count). The Balaban J connectivity index is 2.70.